The number of phenolic OH excluding ortho intramolecular Hbond substituents is 1. The van der Waals surface area contributed by atoms with Crippen molar-refractivity contribution in [1.29, 1.82) is 0 Å². The maximum absolute atomic E-state index is 12.1. The number of aromatic hydroxyl groups is 1. The number of aryl methyl sites for hydroxylation is 2. The van der Waals surface area contributed by atoms with Crippen LogP contribution in [0.2, 0.25) is 0 Å². The summed E-state index contributed by atoms with van der Waals surface area (Å²) in [4.78, 5) is 12.1. The molecule has 1 aromatic carbocycles. The Kier molecular flexibility index (Phi) is 6.18. The SMILES string of the molecule is CCC(O)(CCCO)CNC(=O)c1cc(C)c(O)c(C)c1. The third kappa shape index (κ3) is 4.72. The number of amides is 1. The fraction of sp³-hybridized carbons (Fsp3) is 0.562. The van der Waals surface area contributed by atoms with Crippen molar-refractivity contribution in [1.82, 2.24) is 5.32 Å². The van der Waals surface area contributed by atoms with Crippen LogP contribution in [-0.2, 0) is 0 Å². The third-order valence-electron chi connectivity index (χ3n) is 3.79. The zero-order valence-electron chi connectivity index (χ0n) is 12.9. The van der Waals surface area contributed by atoms with E-state index in [2.05, 4.69) is 5.32 Å². The Morgan fingerprint density at radius 2 is 1.86 bits per heavy atom. The standard InChI is InChI=1S/C16H25NO4/c1-4-16(21,6-5-7-18)10-17-15(20)13-8-11(2)14(19)12(3)9-13/h8-9,18-19,21H,4-7,10H2,1-3H3,(H,17,20). The minimum absolute atomic E-state index is 0.0204. The molecule has 0 saturated heterocycles. The van der Waals surface area contributed by atoms with Gasteiger partial charge in [-0.05, 0) is 56.4 Å². The van der Waals surface area contributed by atoms with E-state index in [9.17, 15) is 15.0 Å². The van der Waals surface area contributed by atoms with Gasteiger partial charge >= 0.3 is 0 Å². The second-order valence-corrected chi connectivity index (χ2v) is 5.55. The van der Waals surface area contributed by atoms with Crippen molar-refractivity contribution < 1.29 is 20.1 Å². The molecular formula is C16H25NO4. The molecule has 1 unspecified atom stereocenters. The normalized spacial score (nSPS) is 13.8. The van der Waals surface area contributed by atoms with E-state index in [1.165, 1.54) is 0 Å². The first-order valence-corrected chi connectivity index (χ1v) is 7.24. The van der Waals surface area contributed by atoms with Crippen LogP contribution in [0.3, 0.4) is 0 Å². The van der Waals surface area contributed by atoms with Gasteiger partial charge in [-0.2, -0.15) is 0 Å². The monoisotopic (exact) mass is 295 g/mol. The van der Waals surface area contributed by atoms with Crippen molar-refractivity contribution in [2.24, 2.45) is 0 Å². The lowest BCUT2D eigenvalue weighted by Crippen LogP contribution is -2.42. The average molecular weight is 295 g/mol. The van der Waals surface area contributed by atoms with Gasteiger partial charge in [0.1, 0.15) is 5.75 Å². The Morgan fingerprint density at radius 1 is 1.29 bits per heavy atom. The summed E-state index contributed by atoms with van der Waals surface area (Å²) in [7, 11) is 0. The number of hydrogen-bond acceptors (Lipinski definition) is 4. The summed E-state index contributed by atoms with van der Waals surface area (Å²) in [6.45, 7) is 5.48. The molecule has 4 N–H and O–H groups in total. The summed E-state index contributed by atoms with van der Waals surface area (Å²) in [5.41, 5.74) is 0.750. The molecule has 0 aliphatic carbocycles. The second-order valence-electron chi connectivity index (χ2n) is 5.55. The number of hydrogen-bond donors (Lipinski definition) is 4. The lowest BCUT2D eigenvalue weighted by molar-refractivity contribution is 0.0212. The Morgan fingerprint density at radius 3 is 2.33 bits per heavy atom. The molecule has 0 fully saturated rings. The van der Waals surface area contributed by atoms with E-state index in [0.717, 1.165) is 0 Å². The quantitative estimate of drug-likeness (QED) is 0.616. The number of aliphatic hydroxyl groups excluding tert-OH is 1. The van der Waals surface area contributed by atoms with E-state index in [-0.39, 0.29) is 24.8 Å². The lowest BCUT2D eigenvalue weighted by Gasteiger charge is -2.27. The zero-order chi connectivity index (χ0) is 16.0. The van der Waals surface area contributed by atoms with E-state index < -0.39 is 5.60 Å². The first-order chi connectivity index (χ1) is 9.83. The number of phenols is 1. The molecule has 0 bridgehead atoms. The second kappa shape index (κ2) is 7.43. The Bertz CT molecular complexity index is 478. The minimum Gasteiger partial charge on any atom is -0.507 e. The highest BCUT2D eigenvalue weighted by Crippen LogP contribution is 2.23. The van der Waals surface area contributed by atoms with Crippen molar-refractivity contribution in [3.63, 3.8) is 0 Å². The molecule has 21 heavy (non-hydrogen) atoms. The van der Waals surface area contributed by atoms with Crippen molar-refractivity contribution in [2.75, 3.05) is 13.2 Å². The van der Waals surface area contributed by atoms with Crippen molar-refractivity contribution in [3.8, 4) is 5.75 Å². The molecule has 0 radical (unpaired) electrons. The number of carbonyl (C=O) groups excluding carboxylic acids is 1. The molecule has 118 valence electrons. The van der Waals surface area contributed by atoms with E-state index >= 15 is 0 Å². The number of aliphatic hydroxyl groups is 2. The van der Waals surface area contributed by atoms with Gasteiger partial charge in [0.2, 0.25) is 0 Å². The predicted octanol–water partition coefficient (Wildman–Crippen LogP) is 1.65. The van der Waals surface area contributed by atoms with Gasteiger partial charge < -0.3 is 20.6 Å². The van der Waals surface area contributed by atoms with Gasteiger partial charge in [-0.3, -0.25) is 4.79 Å². The zero-order valence-corrected chi connectivity index (χ0v) is 12.9. The Balaban J connectivity index is 2.73. The summed E-state index contributed by atoms with van der Waals surface area (Å²) in [5, 5.41) is 31.6. The fourth-order valence-corrected chi connectivity index (χ4v) is 2.23. The molecule has 5 heteroatoms. The molecule has 1 amide bonds. The Labute approximate surface area is 125 Å². The molecular weight excluding hydrogens is 270 g/mol. The smallest absolute Gasteiger partial charge is 0.251 e. The molecule has 0 heterocycles. The molecule has 0 aliphatic heterocycles. The largest absolute Gasteiger partial charge is 0.507 e. The molecule has 1 atom stereocenters. The molecule has 1 rings (SSSR count). The topological polar surface area (TPSA) is 89.8 Å². The van der Waals surface area contributed by atoms with Crippen LogP contribution >= 0.6 is 0 Å². The highest BCUT2D eigenvalue weighted by atomic mass is 16.3. The third-order valence-corrected chi connectivity index (χ3v) is 3.79. The molecule has 0 aromatic heterocycles. The van der Waals surface area contributed by atoms with E-state index in [4.69, 9.17) is 5.11 Å². The van der Waals surface area contributed by atoms with Crippen LogP contribution in [0.5, 0.6) is 5.75 Å². The molecule has 5 nitrogen and oxygen atoms in total. The summed E-state index contributed by atoms with van der Waals surface area (Å²) in [5.74, 6) is -0.0865. The molecule has 0 saturated carbocycles. The summed E-state index contributed by atoms with van der Waals surface area (Å²) < 4.78 is 0. The Hall–Kier alpha value is -1.59. The predicted molar refractivity (Wildman–Crippen MR) is 81.5 cm³/mol. The van der Waals surface area contributed by atoms with Gasteiger partial charge in [0.05, 0.1) is 5.60 Å². The van der Waals surface area contributed by atoms with Gasteiger partial charge in [0.25, 0.3) is 5.91 Å². The summed E-state index contributed by atoms with van der Waals surface area (Å²) in [6, 6.07) is 3.24. The van der Waals surface area contributed by atoms with E-state index in [1.807, 2.05) is 6.92 Å². The number of rotatable bonds is 7. The van der Waals surface area contributed by atoms with Crippen molar-refractivity contribution in [3.05, 3.63) is 28.8 Å². The maximum atomic E-state index is 12.1. The summed E-state index contributed by atoms with van der Waals surface area (Å²) >= 11 is 0. The van der Waals surface area contributed by atoms with Gasteiger partial charge in [0, 0.05) is 18.7 Å². The van der Waals surface area contributed by atoms with Crippen LogP contribution in [0.25, 0.3) is 0 Å². The van der Waals surface area contributed by atoms with Crippen molar-refractivity contribution >= 4 is 5.91 Å². The highest BCUT2D eigenvalue weighted by Gasteiger charge is 2.25. The highest BCUT2D eigenvalue weighted by molar-refractivity contribution is 5.94. The number of benzene rings is 1. The van der Waals surface area contributed by atoms with Crippen LogP contribution < -0.4 is 5.32 Å². The molecule has 0 aliphatic rings. The average Bonchev–Trinajstić information content (AvgIpc) is 2.47. The van der Waals surface area contributed by atoms with Gasteiger partial charge in [0.15, 0.2) is 0 Å². The van der Waals surface area contributed by atoms with E-state index in [1.54, 1.807) is 26.0 Å². The summed E-state index contributed by atoms with van der Waals surface area (Å²) in [6.07, 6.45) is 1.44. The van der Waals surface area contributed by atoms with Gasteiger partial charge in [-0.15, -0.1) is 0 Å². The van der Waals surface area contributed by atoms with Crippen LogP contribution in [-0.4, -0.2) is 40.0 Å². The van der Waals surface area contributed by atoms with Crippen LogP contribution in [0.1, 0.15) is 47.7 Å². The fourth-order valence-electron chi connectivity index (χ4n) is 2.23. The van der Waals surface area contributed by atoms with Crippen LogP contribution in [0, 0.1) is 13.8 Å². The maximum Gasteiger partial charge on any atom is 0.251 e. The van der Waals surface area contributed by atoms with Crippen LogP contribution in [0.4, 0.5) is 0 Å². The van der Waals surface area contributed by atoms with Crippen LogP contribution in [0.15, 0.2) is 12.1 Å². The van der Waals surface area contributed by atoms with Crippen molar-refractivity contribution in [2.45, 2.75) is 45.6 Å². The van der Waals surface area contributed by atoms with Gasteiger partial charge in [-0.25, -0.2) is 0 Å². The minimum atomic E-state index is -1.00. The first kappa shape index (κ1) is 17.5. The first-order valence-electron chi connectivity index (χ1n) is 7.24. The molecule has 1 aromatic rings. The number of nitrogens with one attached hydrogen (secondary N) is 1. The van der Waals surface area contributed by atoms with Gasteiger partial charge in [-0.1, -0.05) is 6.92 Å². The lowest BCUT2D eigenvalue weighted by atomic mass is 9.94. The number of carbonyl (C=O) groups is 1. The van der Waals surface area contributed by atoms with E-state index in [0.29, 0.717) is 36.0 Å². The molecule has 0 spiro atoms.